The van der Waals surface area contributed by atoms with Crippen molar-refractivity contribution < 1.29 is 5.11 Å². The zero-order valence-corrected chi connectivity index (χ0v) is 13.4. The molecule has 0 aliphatic carbocycles. The van der Waals surface area contributed by atoms with E-state index in [1.165, 1.54) is 0 Å². The molecular weight excluding hydrogens is 306 g/mol. The molecule has 3 aromatic heterocycles. The van der Waals surface area contributed by atoms with E-state index in [0.29, 0.717) is 11.4 Å². The number of halogens is 1. The number of rotatable bonds is 4. The Labute approximate surface area is 132 Å². The highest BCUT2D eigenvalue weighted by atomic mass is 35.5. The third-order valence-corrected chi connectivity index (χ3v) is 4.89. The number of aromatic nitrogens is 3. The zero-order valence-electron chi connectivity index (χ0n) is 11.9. The molecule has 21 heavy (non-hydrogen) atoms. The number of aliphatic hydroxyl groups is 1. The van der Waals surface area contributed by atoms with E-state index in [9.17, 15) is 5.11 Å². The number of hydrogen-bond donors (Lipinski definition) is 1. The molecule has 1 N–H and O–H groups in total. The van der Waals surface area contributed by atoms with Crippen LogP contribution in [0.2, 0.25) is 5.02 Å². The van der Waals surface area contributed by atoms with Crippen molar-refractivity contribution in [2.24, 2.45) is 0 Å². The van der Waals surface area contributed by atoms with Crippen LogP contribution < -0.4 is 0 Å². The third-order valence-electron chi connectivity index (χ3n) is 3.55. The molecule has 0 spiro atoms. The molecule has 0 aliphatic heterocycles. The molecule has 1 atom stereocenters. The van der Waals surface area contributed by atoms with Crippen LogP contribution in [0.4, 0.5) is 0 Å². The van der Waals surface area contributed by atoms with Crippen LogP contribution in [0.5, 0.6) is 0 Å². The summed E-state index contributed by atoms with van der Waals surface area (Å²) in [4.78, 5) is 4.37. The predicted octanol–water partition coefficient (Wildman–Crippen LogP) is 3.75. The summed E-state index contributed by atoms with van der Waals surface area (Å²) in [6.45, 7) is 4.62. The molecular formula is C15H16ClN3OS. The molecule has 3 heterocycles. The van der Waals surface area contributed by atoms with Crippen LogP contribution in [0.3, 0.4) is 0 Å². The van der Waals surface area contributed by atoms with Gasteiger partial charge in [0.05, 0.1) is 32.7 Å². The number of nitrogens with zero attached hydrogens (tertiary/aromatic N) is 3. The molecule has 0 bridgehead atoms. The summed E-state index contributed by atoms with van der Waals surface area (Å²) >= 11 is 7.92. The number of aliphatic hydroxyl groups excluding tert-OH is 1. The van der Waals surface area contributed by atoms with E-state index in [2.05, 4.69) is 10.1 Å². The lowest BCUT2D eigenvalue weighted by atomic mass is 10.1. The molecule has 0 fully saturated rings. The molecule has 0 radical (unpaired) electrons. The van der Waals surface area contributed by atoms with Crippen molar-refractivity contribution in [1.29, 1.82) is 0 Å². The van der Waals surface area contributed by atoms with Crippen molar-refractivity contribution in [3.63, 3.8) is 0 Å². The van der Waals surface area contributed by atoms with Gasteiger partial charge in [-0.25, -0.2) is 0 Å². The Morgan fingerprint density at radius 3 is 3.05 bits per heavy atom. The standard InChI is InChI=1S/C15H16ClN3OS/c1-3-19-12(15(16)9(2)18-19)7-13(20)10-6-14-11(17-8-10)4-5-21-14/h4-6,8,13,20H,3,7H2,1-2H3. The topological polar surface area (TPSA) is 50.9 Å². The first-order chi connectivity index (χ1) is 10.1. The fourth-order valence-corrected chi connectivity index (χ4v) is 3.41. The van der Waals surface area contributed by atoms with Gasteiger partial charge >= 0.3 is 0 Å². The van der Waals surface area contributed by atoms with Crippen LogP contribution in [-0.4, -0.2) is 19.9 Å². The van der Waals surface area contributed by atoms with Gasteiger partial charge in [0.2, 0.25) is 0 Å². The first kappa shape index (κ1) is 14.5. The van der Waals surface area contributed by atoms with E-state index < -0.39 is 6.10 Å². The van der Waals surface area contributed by atoms with Gasteiger partial charge in [-0.05, 0) is 31.4 Å². The highest BCUT2D eigenvalue weighted by molar-refractivity contribution is 7.17. The Morgan fingerprint density at radius 1 is 1.48 bits per heavy atom. The van der Waals surface area contributed by atoms with E-state index in [-0.39, 0.29) is 0 Å². The maximum atomic E-state index is 10.5. The lowest BCUT2D eigenvalue weighted by molar-refractivity contribution is 0.175. The highest BCUT2D eigenvalue weighted by Gasteiger charge is 2.18. The largest absolute Gasteiger partial charge is 0.388 e. The molecule has 1 unspecified atom stereocenters. The minimum absolute atomic E-state index is 0.437. The van der Waals surface area contributed by atoms with Crippen molar-refractivity contribution in [1.82, 2.24) is 14.8 Å². The van der Waals surface area contributed by atoms with Gasteiger partial charge in [-0.1, -0.05) is 11.6 Å². The van der Waals surface area contributed by atoms with Crippen molar-refractivity contribution >= 4 is 33.2 Å². The minimum atomic E-state index is -0.636. The van der Waals surface area contributed by atoms with Gasteiger partial charge in [0.25, 0.3) is 0 Å². The molecule has 0 saturated heterocycles. The Bertz CT molecular complexity index is 780. The SMILES string of the molecule is CCn1nc(C)c(Cl)c1CC(O)c1cnc2ccsc2c1. The summed E-state index contributed by atoms with van der Waals surface area (Å²) < 4.78 is 2.93. The van der Waals surface area contributed by atoms with Crippen LogP contribution in [0, 0.1) is 6.92 Å². The number of pyridine rings is 1. The van der Waals surface area contributed by atoms with Crippen LogP contribution in [0.15, 0.2) is 23.7 Å². The first-order valence-electron chi connectivity index (χ1n) is 6.83. The number of fused-ring (bicyclic) bond motifs is 1. The van der Waals surface area contributed by atoms with Crippen molar-refractivity contribution in [2.75, 3.05) is 0 Å². The number of aryl methyl sites for hydroxylation is 2. The van der Waals surface area contributed by atoms with Crippen LogP contribution >= 0.6 is 22.9 Å². The Hall–Kier alpha value is -1.43. The second-order valence-electron chi connectivity index (χ2n) is 4.95. The molecule has 3 aromatic rings. The van der Waals surface area contributed by atoms with E-state index in [4.69, 9.17) is 11.6 Å². The monoisotopic (exact) mass is 321 g/mol. The van der Waals surface area contributed by atoms with Crippen LogP contribution in [-0.2, 0) is 13.0 Å². The summed E-state index contributed by atoms with van der Waals surface area (Å²) in [7, 11) is 0. The van der Waals surface area contributed by atoms with Gasteiger partial charge in [-0.15, -0.1) is 11.3 Å². The minimum Gasteiger partial charge on any atom is -0.388 e. The van der Waals surface area contributed by atoms with E-state index in [1.807, 2.05) is 36.0 Å². The normalized spacial score (nSPS) is 13.0. The highest BCUT2D eigenvalue weighted by Crippen LogP contribution is 2.28. The summed E-state index contributed by atoms with van der Waals surface area (Å²) in [5, 5.41) is 17.5. The summed E-state index contributed by atoms with van der Waals surface area (Å²) in [5.41, 5.74) is 3.44. The van der Waals surface area contributed by atoms with Gasteiger partial charge in [-0.3, -0.25) is 9.67 Å². The van der Waals surface area contributed by atoms with Crippen molar-refractivity contribution in [2.45, 2.75) is 32.9 Å². The summed E-state index contributed by atoms with van der Waals surface area (Å²) in [6.07, 6.45) is 1.53. The van der Waals surface area contributed by atoms with Gasteiger partial charge in [0.15, 0.2) is 0 Å². The predicted molar refractivity (Wildman–Crippen MR) is 85.9 cm³/mol. The van der Waals surface area contributed by atoms with Crippen LogP contribution in [0.1, 0.15) is 30.0 Å². The number of thiophene rings is 1. The molecule has 4 nitrogen and oxygen atoms in total. The molecule has 0 aromatic carbocycles. The smallest absolute Gasteiger partial charge is 0.0861 e. The van der Waals surface area contributed by atoms with E-state index >= 15 is 0 Å². The maximum Gasteiger partial charge on any atom is 0.0861 e. The van der Waals surface area contributed by atoms with Gasteiger partial charge in [0, 0.05) is 24.7 Å². The van der Waals surface area contributed by atoms with Gasteiger partial charge in [0.1, 0.15) is 0 Å². The maximum absolute atomic E-state index is 10.5. The first-order valence-corrected chi connectivity index (χ1v) is 8.09. The number of hydrogen-bond acceptors (Lipinski definition) is 4. The molecule has 6 heteroatoms. The molecule has 0 aliphatic rings. The zero-order chi connectivity index (χ0) is 15.0. The average Bonchev–Trinajstić information content (AvgIpc) is 3.05. The lowest BCUT2D eigenvalue weighted by Crippen LogP contribution is -2.09. The van der Waals surface area contributed by atoms with Gasteiger partial charge < -0.3 is 5.11 Å². The quantitative estimate of drug-likeness (QED) is 0.796. The molecule has 3 rings (SSSR count). The Kier molecular flexibility index (Phi) is 3.97. The lowest BCUT2D eigenvalue weighted by Gasteiger charge is -2.12. The Morgan fingerprint density at radius 2 is 2.29 bits per heavy atom. The van der Waals surface area contributed by atoms with Crippen LogP contribution in [0.25, 0.3) is 10.2 Å². The molecule has 0 saturated carbocycles. The summed E-state index contributed by atoms with van der Waals surface area (Å²) in [6, 6.07) is 3.97. The second-order valence-corrected chi connectivity index (χ2v) is 6.28. The molecule has 0 amide bonds. The average molecular weight is 322 g/mol. The third kappa shape index (κ3) is 2.69. The fraction of sp³-hybridized carbons (Fsp3) is 0.333. The molecule has 110 valence electrons. The summed E-state index contributed by atoms with van der Waals surface area (Å²) in [5.74, 6) is 0. The van der Waals surface area contributed by atoms with E-state index in [1.54, 1.807) is 17.5 Å². The van der Waals surface area contributed by atoms with Gasteiger partial charge in [-0.2, -0.15) is 5.10 Å². The van der Waals surface area contributed by atoms with Crippen molar-refractivity contribution in [3.8, 4) is 0 Å². The fourth-order valence-electron chi connectivity index (χ4n) is 2.41. The van der Waals surface area contributed by atoms with Crippen molar-refractivity contribution in [3.05, 3.63) is 45.7 Å². The second kappa shape index (κ2) is 5.75. The Balaban J connectivity index is 1.90. The van der Waals surface area contributed by atoms with E-state index in [0.717, 1.165) is 33.7 Å².